The summed E-state index contributed by atoms with van der Waals surface area (Å²) in [5.74, 6) is 0. The molecule has 0 aliphatic carbocycles. The van der Waals surface area contributed by atoms with Crippen molar-refractivity contribution in [1.29, 1.82) is 0 Å². The highest BCUT2D eigenvalue weighted by molar-refractivity contribution is 7.07. The van der Waals surface area contributed by atoms with E-state index in [4.69, 9.17) is 0 Å². The second kappa shape index (κ2) is 11.4. The maximum Gasteiger partial charge on any atom is 0.0107 e. The van der Waals surface area contributed by atoms with Crippen molar-refractivity contribution in [2.75, 3.05) is 32.7 Å². The van der Waals surface area contributed by atoms with Crippen molar-refractivity contribution in [3.05, 3.63) is 22.4 Å². The van der Waals surface area contributed by atoms with Crippen LogP contribution in [0.1, 0.15) is 45.1 Å². The van der Waals surface area contributed by atoms with Crippen molar-refractivity contribution >= 4 is 11.3 Å². The lowest BCUT2D eigenvalue weighted by molar-refractivity contribution is 0.265. The molecule has 0 aliphatic rings. The molecule has 0 aromatic carbocycles. The highest BCUT2D eigenvalue weighted by atomic mass is 32.1. The Morgan fingerprint density at radius 2 is 1.79 bits per heavy atom. The molecule has 0 spiro atoms. The Morgan fingerprint density at radius 1 is 1.05 bits per heavy atom. The summed E-state index contributed by atoms with van der Waals surface area (Å²) in [5.41, 5.74) is 1.46. The van der Waals surface area contributed by atoms with Crippen LogP contribution in [0.5, 0.6) is 0 Å². The normalized spacial score (nSPS) is 11.3. The number of nitrogens with zero attached hydrogens (tertiary/aromatic N) is 1. The van der Waals surface area contributed by atoms with E-state index in [2.05, 4.69) is 40.9 Å². The Bertz CT molecular complexity index is 277. The van der Waals surface area contributed by atoms with E-state index in [1.165, 1.54) is 50.9 Å². The van der Waals surface area contributed by atoms with Crippen LogP contribution >= 0.6 is 11.3 Å². The predicted molar refractivity (Wildman–Crippen MR) is 87.1 cm³/mol. The monoisotopic (exact) mass is 282 g/mol. The van der Waals surface area contributed by atoms with E-state index in [0.29, 0.717) is 0 Å². The largest absolute Gasteiger partial charge is 0.315 e. The van der Waals surface area contributed by atoms with Crippen molar-refractivity contribution in [1.82, 2.24) is 10.2 Å². The molecule has 1 rings (SSSR count). The molecule has 1 heterocycles. The average molecular weight is 282 g/mol. The molecule has 1 N–H and O–H groups in total. The molecule has 0 saturated carbocycles. The fraction of sp³-hybridized carbons (Fsp3) is 0.750. The van der Waals surface area contributed by atoms with Gasteiger partial charge in [0.15, 0.2) is 0 Å². The van der Waals surface area contributed by atoms with E-state index in [0.717, 1.165) is 19.5 Å². The maximum atomic E-state index is 3.57. The first kappa shape index (κ1) is 16.7. The lowest BCUT2D eigenvalue weighted by Crippen LogP contribution is -2.34. The topological polar surface area (TPSA) is 15.3 Å². The zero-order valence-corrected chi connectivity index (χ0v) is 13.5. The highest BCUT2D eigenvalue weighted by Crippen LogP contribution is 2.05. The van der Waals surface area contributed by atoms with Gasteiger partial charge in [-0.2, -0.15) is 11.3 Å². The van der Waals surface area contributed by atoms with Crippen molar-refractivity contribution in [2.45, 2.75) is 46.0 Å². The molecule has 110 valence electrons. The lowest BCUT2D eigenvalue weighted by atomic mass is 10.2. The minimum Gasteiger partial charge on any atom is -0.315 e. The molecule has 1 aromatic heterocycles. The van der Waals surface area contributed by atoms with Gasteiger partial charge in [-0.05, 0) is 61.3 Å². The number of hydrogen-bond donors (Lipinski definition) is 1. The highest BCUT2D eigenvalue weighted by Gasteiger charge is 2.03. The lowest BCUT2D eigenvalue weighted by Gasteiger charge is -2.22. The second-order valence-electron chi connectivity index (χ2n) is 5.18. The first-order valence-electron chi connectivity index (χ1n) is 7.81. The summed E-state index contributed by atoms with van der Waals surface area (Å²) in [4.78, 5) is 2.62. The summed E-state index contributed by atoms with van der Waals surface area (Å²) in [5, 5.41) is 7.98. The molecule has 0 atom stereocenters. The van der Waals surface area contributed by atoms with Crippen LogP contribution in [-0.2, 0) is 6.42 Å². The summed E-state index contributed by atoms with van der Waals surface area (Å²) >= 11 is 1.79. The van der Waals surface area contributed by atoms with Crippen LogP contribution in [0.4, 0.5) is 0 Å². The molecule has 3 heteroatoms. The predicted octanol–water partition coefficient (Wildman–Crippen LogP) is 3.78. The Kier molecular flexibility index (Phi) is 10.0. The van der Waals surface area contributed by atoms with Crippen LogP contribution in [0, 0.1) is 0 Å². The van der Waals surface area contributed by atoms with Gasteiger partial charge in [-0.1, -0.05) is 26.7 Å². The van der Waals surface area contributed by atoms with Gasteiger partial charge < -0.3 is 10.2 Å². The van der Waals surface area contributed by atoms with E-state index >= 15 is 0 Å². The van der Waals surface area contributed by atoms with E-state index in [1.54, 1.807) is 11.3 Å². The van der Waals surface area contributed by atoms with Gasteiger partial charge >= 0.3 is 0 Å². The molecule has 0 fully saturated rings. The van der Waals surface area contributed by atoms with Gasteiger partial charge in [0.05, 0.1) is 0 Å². The van der Waals surface area contributed by atoms with Crippen molar-refractivity contribution in [3.63, 3.8) is 0 Å². The number of thiophene rings is 1. The molecule has 1 aromatic rings. The molecular formula is C16H30N2S. The minimum atomic E-state index is 1.10. The van der Waals surface area contributed by atoms with Crippen LogP contribution in [0.15, 0.2) is 16.8 Å². The zero-order valence-electron chi connectivity index (χ0n) is 12.7. The standard InChI is InChI=1S/C16H30N2S/c1-3-5-11-18(12-6-4-2)13-10-17-9-7-16-8-14-19-15-16/h8,14-15,17H,3-7,9-13H2,1-2H3. The summed E-state index contributed by atoms with van der Waals surface area (Å²) in [6, 6.07) is 2.22. The Hall–Kier alpha value is -0.380. The SMILES string of the molecule is CCCCN(CCCC)CCNCCc1ccsc1. The third-order valence-corrected chi connectivity index (χ3v) is 4.16. The first-order chi connectivity index (χ1) is 9.36. The van der Waals surface area contributed by atoms with Crippen LogP contribution in [-0.4, -0.2) is 37.6 Å². The summed E-state index contributed by atoms with van der Waals surface area (Å²) < 4.78 is 0. The summed E-state index contributed by atoms with van der Waals surface area (Å²) in [6.45, 7) is 10.5. The Balaban J connectivity index is 2.05. The van der Waals surface area contributed by atoms with Gasteiger partial charge in [-0.25, -0.2) is 0 Å². The molecule has 2 nitrogen and oxygen atoms in total. The Morgan fingerprint density at radius 3 is 2.37 bits per heavy atom. The molecule has 0 amide bonds. The minimum absolute atomic E-state index is 1.10. The fourth-order valence-electron chi connectivity index (χ4n) is 2.13. The fourth-order valence-corrected chi connectivity index (χ4v) is 2.83. The third-order valence-electron chi connectivity index (χ3n) is 3.43. The molecule has 0 aliphatic heterocycles. The number of hydrogen-bond acceptors (Lipinski definition) is 3. The average Bonchev–Trinajstić information content (AvgIpc) is 2.93. The molecule has 0 unspecified atom stereocenters. The maximum absolute atomic E-state index is 3.57. The van der Waals surface area contributed by atoms with E-state index in [-0.39, 0.29) is 0 Å². The number of rotatable bonds is 12. The van der Waals surface area contributed by atoms with E-state index < -0.39 is 0 Å². The quantitative estimate of drug-likeness (QED) is 0.587. The number of nitrogens with one attached hydrogen (secondary N) is 1. The second-order valence-corrected chi connectivity index (χ2v) is 5.96. The van der Waals surface area contributed by atoms with Gasteiger partial charge in [0.25, 0.3) is 0 Å². The van der Waals surface area contributed by atoms with Crippen molar-refractivity contribution < 1.29 is 0 Å². The summed E-state index contributed by atoms with van der Waals surface area (Å²) in [7, 11) is 0. The number of unbranched alkanes of at least 4 members (excludes halogenated alkanes) is 2. The molecule has 0 bridgehead atoms. The summed E-state index contributed by atoms with van der Waals surface area (Å²) in [6.07, 6.45) is 6.42. The zero-order chi connectivity index (χ0) is 13.8. The molecule has 0 radical (unpaired) electrons. The van der Waals surface area contributed by atoms with Gasteiger partial charge in [0.2, 0.25) is 0 Å². The van der Waals surface area contributed by atoms with Crippen LogP contribution < -0.4 is 5.32 Å². The molecule has 19 heavy (non-hydrogen) atoms. The van der Waals surface area contributed by atoms with Crippen LogP contribution in [0.3, 0.4) is 0 Å². The van der Waals surface area contributed by atoms with Gasteiger partial charge in [0.1, 0.15) is 0 Å². The van der Waals surface area contributed by atoms with Gasteiger partial charge in [-0.15, -0.1) is 0 Å². The molecular weight excluding hydrogens is 252 g/mol. The first-order valence-corrected chi connectivity index (χ1v) is 8.75. The van der Waals surface area contributed by atoms with Gasteiger partial charge in [-0.3, -0.25) is 0 Å². The van der Waals surface area contributed by atoms with Crippen LogP contribution in [0.2, 0.25) is 0 Å². The van der Waals surface area contributed by atoms with E-state index in [9.17, 15) is 0 Å². The van der Waals surface area contributed by atoms with E-state index in [1.807, 2.05) is 0 Å². The Labute approximate surface area is 123 Å². The van der Waals surface area contributed by atoms with Crippen LogP contribution in [0.25, 0.3) is 0 Å². The smallest absolute Gasteiger partial charge is 0.0107 e. The van der Waals surface area contributed by atoms with Crippen molar-refractivity contribution in [2.24, 2.45) is 0 Å². The van der Waals surface area contributed by atoms with Crippen molar-refractivity contribution in [3.8, 4) is 0 Å². The third kappa shape index (κ3) is 8.40. The van der Waals surface area contributed by atoms with Gasteiger partial charge in [0, 0.05) is 13.1 Å². The molecule has 0 saturated heterocycles.